The maximum atomic E-state index is 5.90. The molecule has 4 nitrogen and oxygen atoms in total. The summed E-state index contributed by atoms with van der Waals surface area (Å²) in [6, 6.07) is 23.3. The molecule has 3 aromatic carbocycles. The van der Waals surface area contributed by atoms with E-state index in [0.717, 1.165) is 41.5 Å². The van der Waals surface area contributed by atoms with Crippen LogP contribution in [-0.2, 0) is 6.42 Å². The van der Waals surface area contributed by atoms with Gasteiger partial charge in [-0.2, -0.15) is 5.10 Å². The summed E-state index contributed by atoms with van der Waals surface area (Å²) in [5.74, 6) is 1.95. The number of benzene rings is 3. The second kappa shape index (κ2) is 7.63. The maximum Gasteiger partial charge on any atom is 0.145 e. The second-order valence-corrected chi connectivity index (χ2v) is 7.43. The van der Waals surface area contributed by atoms with Gasteiger partial charge in [-0.1, -0.05) is 48.5 Å². The standard InChI is InChI=1S/C25H25N3O/c1-2-29-23-13-6-5-12-22(23)28-25-21(11-7-8-16-26-25)24(27-28)20-15-14-18-9-3-4-10-19(18)17-20/h3-6,9-10,12-15,17,26H,2,7-8,11,16H2,1H3. The quantitative estimate of drug-likeness (QED) is 0.481. The first-order chi connectivity index (χ1) is 14.3. The summed E-state index contributed by atoms with van der Waals surface area (Å²) < 4.78 is 7.94. The van der Waals surface area contributed by atoms with Gasteiger partial charge in [0.15, 0.2) is 0 Å². The molecule has 2 heterocycles. The minimum absolute atomic E-state index is 0.630. The van der Waals surface area contributed by atoms with Gasteiger partial charge in [-0.15, -0.1) is 0 Å². The van der Waals surface area contributed by atoms with Crippen molar-refractivity contribution < 1.29 is 4.74 Å². The van der Waals surface area contributed by atoms with E-state index in [1.807, 2.05) is 29.8 Å². The normalized spacial score (nSPS) is 13.6. The van der Waals surface area contributed by atoms with Crippen LogP contribution in [0.15, 0.2) is 66.7 Å². The van der Waals surface area contributed by atoms with Crippen molar-refractivity contribution in [2.45, 2.75) is 26.2 Å². The molecule has 0 spiro atoms. The highest BCUT2D eigenvalue weighted by molar-refractivity contribution is 5.88. The van der Waals surface area contributed by atoms with Gasteiger partial charge in [-0.3, -0.25) is 0 Å². The molecule has 0 unspecified atom stereocenters. The van der Waals surface area contributed by atoms with Crippen molar-refractivity contribution in [3.8, 4) is 22.7 Å². The van der Waals surface area contributed by atoms with Crippen LogP contribution in [0.4, 0.5) is 5.82 Å². The SMILES string of the molecule is CCOc1ccccc1-n1nc(-c2ccc3ccccc3c2)c2c1NCCCC2. The van der Waals surface area contributed by atoms with Crippen LogP contribution in [0.5, 0.6) is 5.75 Å². The number of aromatic nitrogens is 2. The Bertz CT molecular complexity index is 1160. The van der Waals surface area contributed by atoms with Crippen molar-refractivity contribution in [2.75, 3.05) is 18.5 Å². The van der Waals surface area contributed by atoms with Gasteiger partial charge >= 0.3 is 0 Å². The molecule has 0 saturated carbocycles. The molecule has 0 radical (unpaired) electrons. The minimum atomic E-state index is 0.630. The lowest BCUT2D eigenvalue weighted by Gasteiger charge is -2.13. The summed E-state index contributed by atoms with van der Waals surface area (Å²) in [6.07, 6.45) is 3.36. The maximum absolute atomic E-state index is 5.90. The molecule has 0 aliphatic carbocycles. The molecule has 1 aromatic heterocycles. The third-order valence-electron chi connectivity index (χ3n) is 5.55. The van der Waals surface area contributed by atoms with Gasteiger partial charge < -0.3 is 10.1 Å². The summed E-state index contributed by atoms with van der Waals surface area (Å²) in [4.78, 5) is 0. The summed E-state index contributed by atoms with van der Waals surface area (Å²) >= 11 is 0. The molecule has 1 aliphatic heterocycles. The Morgan fingerprint density at radius 2 is 1.79 bits per heavy atom. The highest BCUT2D eigenvalue weighted by atomic mass is 16.5. The van der Waals surface area contributed by atoms with Crippen molar-refractivity contribution >= 4 is 16.6 Å². The topological polar surface area (TPSA) is 39.1 Å². The number of nitrogens with zero attached hydrogens (tertiary/aromatic N) is 2. The van der Waals surface area contributed by atoms with Crippen molar-refractivity contribution in [1.29, 1.82) is 0 Å². The fourth-order valence-electron chi connectivity index (χ4n) is 4.15. The van der Waals surface area contributed by atoms with Gasteiger partial charge in [-0.25, -0.2) is 4.68 Å². The van der Waals surface area contributed by atoms with Crippen LogP contribution in [0, 0.1) is 0 Å². The summed E-state index contributed by atoms with van der Waals surface area (Å²) in [6.45, 7) is 3.61. The molecule has 5 rings (SSSR count). The van der Waals surface area contributed by atoms with E-state index in [1.165, 1.54) is 29.2 Å². The smallest absolute Gasteiger partial charge is 0.145 e. The Hall–Kier alpha value is -3.27. The molecule has 29 heavy (non-hydrogen) atoms. The largest absolute Gasteiger partial charge is 0.492 e. The molecular formula is C25H25N3O. The van der Waals surface area contributed by atoms with Crippen molar-refractivity contribution in [2.24, 2.45) is 0 Å². The Kier molecular flexibility index (Phi) is 4.68. The number of hydrogen-bond acceptors (Lipinski definition) is 3. The summed E-state index contributed by atoms with van der Waals surface area (Å²) in [7, 11) is 0. The number of para-hydroxylation sites is 2. The highest BCUT2D eigenvalue weighted by Crippen LogP contribution is 2.37. The molecule has 0 atom stereocenters. The Labute approximate surface area is 171 Å². The molecule has 1 aliphatic rings. The van der Waals surface area contributed by atoms with Crippen molar-refractivity contribution in [3.63, 3.8) is 0 Å². The monoisotopic (exact) mass is 383 g/mol. The van der Waals surface area contributed by atoms with Gasteiger partial charge in [0.2, 0.25) is 0 Å². The molecule has 146 valence electrons. The molecule has 4 aromatic rings. The van der Waals surface area contributed by atoms with Gasteiger partial charge in [-0.05, 0) is 55.2 Å². The van der Waals surface area contributed by atoms with Crippen LogP contribution >= 0.6 is 0 Å². The van der Waals surface area contributed by atoms with Crippen LogP contribution in [0.2, 0.25) is 0 Å². The number of nitrogens with one attached hydrogen (secondary N) is 1. The van der Waals surface area contributed by atoms with Crippen LogP contribution in [0.3, 0.4) is 0 Å². The van der Waals surface area contributed by atoms with E-state index in [0.29, 0.717) is 6.61 Å². The van der Waals surface area contributed by atoms with E-state index >= 15 is 0 Å². The van der Waals surface area contributed by atoms with Gasteiger partial charge in [0.25, 0.3) is 0 Å². The van der Waals surface area contributed by atoms with Crippen molar-refractivity contribution in [3.05, 3.63) is 72.3 Å². The molecule has 4 heteroatoms. The first-order valence-electron chi connectivity index (χ1n) is 10.4. The van der Waals surface area contributed by atoms with E-state index in [2.05, 4.69) is 53.8 Å². The first kappa shape index (κ1) is 17.8. The zero-order chi connectivity index (χ0) is 19.6. The third-order valence-corrected chi connectivity index (χ3v) is 5.55. The average Bonchev–Trinajstić information content (AvgIpc) is 2.94. The first-order valence-corrected chi connectivity index (χ1v) is 10.4. The molecule has 0 saturated heterocycles. The Morgan fingerprint density at radius 3 is 2.69 bits per heavy atom. The number of anilines is 1. The van der Waals surface area contributed by atoms with E-state index in [4.69, 9.17) is 9.84 Å². The van der Waals surface area contributed by atoms with E-state index in [-0.39, 0.29) is 0 Å². The zero-order valence-corrected chi connectivity index (χ0v) is 16.7. The lowest BCUT2D eigenvalue weighted by molar-refractivity contribution is 0.338. The second-order valence-electron chi connectivity index (χ2n) is 7.43. The summed E-state index contributed by atoms with van der Waals surface area (Å²) in [5, 5.41) is 11.2. The number of fused-ring (bicyclic) bond motifs is 2. The van der Waals surface area contributed by atoms with Gasteiger partial charge in [0.1, 0.15) is 17.3 Å². The fourth-order valence-corrected chi connectivity index (χ4v) is 4.15. The molecule has 1 N–H and O–H groups in total. The van der Waals surface area contributed by atoms with E-state index in [9.17, 15) is 0 Å². The minimum Gasteiger partial charge on any atom is -0.492 e. The highest BCUT2D eigenvalue weighted by Gasteiger charge is 2.23. The lowest BCUT2D eigenvalue weighted by Crippen LogP contribution is -2.08. The van der Waals surface area contributed by atoms with Crippen molar-refractivity contribution in [1.82, 2.24) is 9.78 Å². The Morgan fingerprint density at radius 1 is 0.966 bits per heavy atom. The van der Waals surface area contributed by atoms with E-state index < -0.39 is 0 Å². The number of ether oxygens (including phenoxy) is 1. The zero-order valence-electron chi connectivity index (χ0n) is 16.7. The number of rotatable bonds is 4. The van der Waals surface area contributed by atoms with Crippen LogP contribution in [0.1, 0.15) is 25.3 Å². The predicted octanol–water partition coefficient (Wildman–Crippen LogP) is 5.84. The fraction of sp³-hybridized carbons (Fsp3) is 0.240. The van der Waals surface area contributed by atoms with E-state index in [1.54, 1.807) is 0 Å². The van der Waals surface area contributed by atoms with Crippen LogP contribution in [0.25, 0.3) is 27.7 Å². The lowest BCUT2D eigenvalue weighted by atomic mass is 10.0. The molecule has 0 bridgehead atoms. The van der Waals surface area contributed by atoms with Gasteiger partial charge in [0, 0.05) is 17.7 Å². The average molecular weight is 383 g/mol. The number of hydrogen-bond donors (Lipinski definition) is 1. The van der Waals surface area contributed by atoms with Gasteiger partial charge in [0.05, 0.1) is 12.3 Å². The third kappa shape index (κ3) is 3.25. The molecular weight excluding hydrogens is 358 g/mol. The van der Waals surface area contributed by atoms with Crippen LogP contribution < -0.4 is 10.1 Å². The predicted molar refractivity (Wildman–Crippen MR) is 119 cm³/mol. The molecule has 0 amide bonds. The molecule has 0 fully saturated rings. The Balaban J connectivity index is 1.71. The summed E-state index contributed by atoms with van der Waals surface area (Å²) in [5.41, 5.74) is 4.50. The van der Waals surface area contributed by atoms with Crippen LogP contribution in [-0.4, -0.2) is 22.9 Å².